The van der Waals surface area contributed by atoms with Crippen LogP contribution in [0.1, 0.15) is 35.2 Å². The molecule has 0 aliphatic heterocycles. The number of carbonyl (C=O) groups is 2. The predicted octanol–water partition coefficient (Wildman–Crippen LogP) is 4.34. The van der Waals surface area contributed by atoms with Gasteiger partial charge >= 0.3 is 6.03 Å². The highest BCUT2D eigenvalue weighted by molar-refractivity contribution is 6.34. The molecule has 0 spiro atoms. The Labute approximate surface area is 161 Å². The van der Waals surface area contributed by atoms with Gasteiger partial charge in [-0.25, -0.2) is 4.79 Å². The summed E-state index contributed by atoms with van der Waals surface area (Å²) in [7, 11) is 0. The van der Waals surface area contributed by atoms with E-state index in [0.717, 1.165) is 19.3 Å². The van der Waals surface area contributed by atoms with Crippen molar-refractivity contribution in [2.45, 2.75) is 24.7 Å². The van der Waals surface area contributed by atoms with Gasteiger partial charge in [0.25, 0.3) is 0 Å². The van der Waals surface area contributed by atoms with Gasteiger partial charge < -0.3 is 16.4 Å². The van der Waals surface area contributed by atoms with Crippen LogP contribution in [-0.2, 0) is 5.41 Å². The van der Waals surface area contributed by atoms with E-state index in [-0.39, 0.29) is 22.0 Å². The number of rotatable bonds is 5. The monoisotopic (exact) mass is 391 g/mol. The second kappa shape index (κ2) is 7.56. The summed E-state index contributed by atoms with van der Waals surface area (Å²) in [4.78, 5) is 23.4. The van der Waals surface area contributed by atoms with Crippen molar-refractivity contribution in [1.29, 1.82) is 0 Å². The Balaban J connectivity index is 1.62. The van der Waals surface area contributed by atoms with E-state index in [1.54, 1.807) is 6.07 Å². The second-order valence-electron chi connectivity index (χ2n) is 6.51. The lowest BCUT2D eigenvalue weighted by Gasteiger charge is -2.42. The second-order valence-corrected chi connectivity index (χ2v) is 7.35. The zero-order chi connectivity index (χ0) is 18.7. The van der Waals surface area contributed by atoms with Gasteiger partial charge in [-0.1, -0.05) is 41.8 Å². The van der Waals surface area contributed by atoms with Gasteiger partial charge in [-0.2, -0.15) is 0 Å². The number of carbonyl (C=O) groups excluding carboxylic acids is 2. The summed E-state index contributed by atoms with van der Waals surface area (Å²) in [5.74, 6) is -0.610. The normalized spacial score (nSPS) is 15.0. The number of nitrogens with one attached hydrogen (secondary N) is 2. The molecule has 1 fully saturated rings. The molecule has 7 heteroatoms. The maximum Gasteiger partial charge on any atom is 0.319 e. The molecular weight excluding hydrogens is 373 g/mol. The molecule has 1 saturated carbocycles. The molecule has 0 saturated heterocycles. The van der Waals surface area contributed by atoms with Crippen molar-refractivity contribution in [2.75, 3.05) is 11.9 Å². The van der Waals surface area contributed by atoms with Gasteiger partial charge in [-0.3, -0.25) is 4.79 Å². The van der Waals surface area contributed by atoms with Crippen molar-refractivity contribution in [3.63, 3.8) is 0 Å². The van der Waals surface area contributed by atoms with Gasteiger partial charge in [0, 0.05) is 22.7 Å². The zero-order valence-corrected chi connectivity index (χ0v) is 15.5. The van der Waals surface area contributed by atoms with E-state index in [9.17, 15) is 9.59 Å². The van der Waals surface area contributed by atoms with Crippen molar-refractivity contribution in [3.8, 4) is 0 Å². The summed E-state index contributed by atoms with van der Waals surface area (Å²) >= 11 is 12.0. The SMILES string of the molecule is NC(=O)c1ccc(NC(=O)NCC2(c3ccc(Cl)cc3)CCC2)cc1Cl. The number of urea groups is 1. The van der Waals surface area contributed by atoms with E-state index in [2.05, 4.69) is 10.6 Å². The molecule has 0 heterocycles. The van der Waals surface area contributed by atoms with E-state index in [0.29, 0.717) is 17.3 Å². The summed E-state index contributed by atoms with van der Waals surface area (Å²) in [6.45, 7) is 0.535. The van der Waals surface area contributed by atoms with Crippen LogP contribution in [-0.4, -0.2) is 18.5 Å². The molecule has 0 atom stereocenters. The van der Waals surface area contributed by atoms with Crippen LogP contribution >= 0.6 is 23.2 Å². The van der Waals surface area contributed by atoms with E-state index in [1.807, 2.05) is 24.3 Å². The Morgan fingerprint density at radius 3 is 2.31 bits per heavy atom. The molecule has 1 aliphatic rings. The van der Waals surface area contributed by atoms with E-state index in [4.69, 9.17) is 28.9 Å². The standard InChI is InChI=1S/C19H19Cl2N3O2/c20-13-4-2-12(3-5-13)19(8-1-9-19)11-23-18(26)24-14-6-7-15(17(22)25)16(21)10-14/h2-7,10H,1,8-9,11H2,(H2,22,25)(H2,23,24,26). The molecule has 3 rings (SSSR count). The third-order valence-electron chi connectivity index (χ3n) is 4.85. The number of primary amides is 1. The first kappa shape index (κ1) is 18.5. The minimum absolute atomic E-state index is 0.0462. The van der Waals surface area contributed by atoms with Gasteiger partial charge in [0.2, 0.25) is 5.91 Å². The molecular formula is C19H19Cl2N3O2. The third kappa shape index (κ3) is 3.94. The van der Waals surface area contributed by atoms with Gasteiger partial charge in [0.05, 0.1) is 10.6 Å². The molecule has 3 amide bonds. The molecule has 136 valence electrons. The average Bonchev–Trinajstić information content (AvgIpc) is 2.55. The average molecular weight is 392 g/mol. The molecule has 0 aromatic heterocycles. The number of nitrogens with two attached hydrogens (primary N) is 1. The summed E-state index contributed by atoms with van der Waals surface area (Å²) in [5.41, 5.74) is 7.06. The number of hydrogen-bond donors (Lipinski definition) is 3. The van der Waals surface area contributed by atoms with E-state index >= 15 is 0 Å². The van der Waals surface area contributed by atoms with Crippen molar-refractivity contribution in [1.82, 2.24) is 5.32 Å². The Bertz CT molecular complexity index is 833. The molecule has 0 bridgehead atoms. The van der Waals surface area contributed by atoms with Gasteiger partial charge in [-0.05, 0) is 48.7 Å². The first-order valence-corrected chi connectivity index (χ1v) is 9.05. The Morgan fingerprint density at radius 2 is 1.77 bits per heavy atom. The minimum Gasteiger partial charge on any atom is -0.366 e. The zero-order valence-electron chi connectivity index (χ0n) is 14.0. The number of anilines is 1. The van der Waals surface area contributed by atoms with Crippen LogP contribution in [0.3, 0.4) is 0 Å². The van der Waals surface area contributed by atoms with Crippen LogP contribution in [0, 0.1) is 0 Å². The topological polar surface area (TPSA) is 84.2 Å². The van der Waals surface area contributed by atoms with Crippen LogP contribution in [0.2, 0.25) is 10.0 Å². The Hall–Kier alpha value is -2.24. The fourth-order valence-corrected chi connectivity index (χ4v) is 3.59. The largest absolute Gasteiger partial charge is 0.366 e. The summed E-state index contributed by atoms with van der Waals surface area (Å²) in [5, 5.41) is 6.55. The molecule has 2 aromatic rings. The van der Waals surface area contributed by atoms with Crippen LogP contribution in [0.5, 0.6) is 0 Å². The van der Waals surface area contributed by atoms with Gasteiger partial charge in [0.15, 0.2) is 0 Å². The Morgan fingerprint density at radius 1 is 1.08 bits per heavy atom. The summed E-state index contributed by atoms with van der Waals surface area (Å²) in [6.07, 6.45) is 3.18. The van der Waals surface area contributed by atoms with Crippen molar-refractivity contribution >= 4 is 40.8 Å². The Kier molecular flexibility index (Phi) is 5.39. The molecule has 2 aromatic carbocycles. The van der Waals surface area contributed by atoms with E-state index in [1.165, 1.54) is 17.7 Å². The number of hydrogen-bond acceptors (Lipinski definition) is 2. The highest BCUT2D eigenvalue weighted by atomic mass is 35.5. The first-order valence-electron chi connectivity index (χ1n) is 8.30. The fraction of sp³-hybridized carbons (Fsp3) is 0.263. The predicted molar refractivity (Wildman–Crippen MR) is 104 cm³/mol. The van der Waals surface area contributed by atoms with Crippen LogP contribution in [0.25, 0.3) is 0 Å². The van der Waals surface area contributed by atoms with Gasteiger partial charge in [-0.15, -0.1) is 0 Å². The maximum absolute atomic E-state index is 12.2. The molecule has 4 N–H and O–H groups in total. The molecule has 5 nitrogen and oxygen atoms in total. The third-order valence-corrected chi connectivity index (χ3v) is 5.41. The summed E-state index contributed by atoms with van der Waals surface area (Å²) in [6, 6.07) is 12.0. The molecule has 0 radical (unpaired) electrons. The number of amides is 3. The van der Waals surface area contributed by atoms with Crippen LogP contribution < -0.4 is 16.4 Å². The molecule has 0 unspecified atom stereocenters. The van der Waals surface area contributed by atoms with Crippen molar-refractivity contribution in [2.24, 2.45) is 5.73 Å². The summed E-state index contributed by atoms with van der Waals surface area (Å²) < 4.78 is 0. The highest BCUT2D eigenvalue weighted by Gasteiger charge is 2.38. The number of halogens is 2. The van der Waals surface area contributed by atoms with Crippen molar-refractivity contribution in [3.05, 3.63) is 63.6 Å². The molecule has 26 heavy (non-hydrogen) atoms. The quantitative estimate of drug-likeness (QED) is 0.708. The van der Waals surface area contributed by atoms with Crippen LogP contribution in [0.4, 0.5) is 10.5 Å². The lowest BCUT2D eigenvalue weighted by atomic mass is 9.64. The smallest absolute Gasteiger partial charge is 0.319 e. The lowest BCUT2D eigenvalue weighted by Crippen LogP contribution is -2.46. The van der Waals surface area contributed by atoms with Crippen molar-refractivity contribution < 1.29 is 9.59 Å². The number of benzene rings is 2. The highest BCUT2D eigenvalue weighted by Crippen LogP contribution is 2.43. The van der Waals surface area contributed by atoms with E-state index < -0.39 is 5.91 Å². The van der Waals surface area contributed by atoms with Crippen LogP contribution in [0.15, 0.2) is 42.5 Å². The maximum atomic E-state index is 12.2. The molecule has 1 aliphatic carbocycles. The fourth-order valence-electron chi connectivity index (χ4n) is 3.19. The van der Waals surface area contributed by atoms with Gasteiger partial charge in [0.1, 0.15) is 0 Å². The first-order chi connectivity index (χ1) is 12.4. The minimum atomic E-state index is -0.610. The lowest BCUT2D eigenvalue weighted by molar-refractivity contribution is 0.100.